The monoisotopic (exact) mass is 444 g/mol. The number of ether oxygens (including phenoxy) is 3. The number of H-pyrrole nitrogens is 1. The van der Waals surface area contributed by atoms with Gasteiger partial charge in [0.25, 0.3) is 5.91 Å². The van der Waals surface area contributed by atoms with Crippen molar-refractivity contribution in [2.24, 2.45) is 5.10 Å². The number of rotatable bonds is 7. The van der Waals surface area contributed by atoms with Gasteiger partial charge in [0.2, 0.25) is 5.75 Å². The standard InChI is InChI=1S/C21H21ClN4O5/c1-12-5-7-14(8-6-12)26-15(19(22)24-21(26)28)11-23-25-20(27)13-9-16(29-2)18(31-4)17(10-13)30-3/h5-11H,1-4H3,(H,24,28)(H,25,27)/b23-11+. The molecule has 3 rings (SSSR count). The average molecular weight is 445 g/mol. The predicted molar refractivity (Wildman–Crippen MR) is 117 cm³/mol. The number of amides is 1. The van der Waals surface area contributed by atoms with Gasteiger partial charge in [0, 0.05) is 5.56 Å². The highest BCUT2D eigenvalue weighted by Gasteiger charge is 2.17. The van der Waals surface area contributed by atoms with Crippen molar-refractivity contribution in [2.75, 3.05) is 21.3 Å². The summed E-state index contributed by atoms with van der Waals surface area (Å²) in [7, 11) is 4.38. The van der Waals surface area contributed by atoms with E-state index in [0.717, 1.165) is 5.56 Å². The van der Waals surface area contributed by atoms with Crippen LogP contribution in [-0.4, -0.2) is 43.0 Å². The zero-order valence-electron chi connectivity index (χ0n) is 17.4. The number of carbonyl (C=O) groups excluding carboxylic acids is 1. The fraction of sp³-hybridized carbons (Fsp3) is 0.190. The molecule has 10 heteroatoms. The molecule has 31 heavy (non-hydrogen) atoms. The Bertz CT molecular complexity index is 1160. The Morgan fingerprint density at radius 1 is 1.10 bits per heavy atom. The Hall–Kier alpha value is -3.72. The molecule has 1 heterocycles. The number of aryl methyl sites for hydroxylation is 1. The van der Waals surface area contributed by atoms with Gasteiger partial charge < -0.3 is 14.2 Å². The van der Waals surface area contributed by atoms with Gasteiger partial charge in [-0.2, -0.15) is 5.10 Å². The Kier molecular flexibility index (Phi) is 6.66. The van der Waals surface area contributed by atoms with Gasteiger partial charge in [0.05, 0.1) is 33.2 Å². The van der Waals surface area contributed by atoms with Gasteiger partial charge in [-0.15, -0.1) is 0 Å². The second-order valence-corrected chi connectivity index (χ2v) is 6.79. The molecule has 0 saturated heterocycles. The fourth-order valence-electron chi connectivity index (χ4n) is 2.91. The van der Waals surface area contributed by atoms with Crippen LogP contribution in [-0.2, 0) is 0 Å². The smallest absolute Gasteiger partial charge is 0.331 e. The second-order valence-electron chi connectivity index (χ2n) is 6.41. The molecule has 0 aliphatic heterocycles. The molecule has 0 fully saturated rings. The topological polar surface area (TPSA) is 107 Å². The van der Waals surface area contributed by atoms with Crippen LogP contribution >= 0.6 is 11.6 Å². The van der Waals surface area contributed by atoms with E-state index in [4.69, 9.17) is 25.8 Å². The minimum atomic E-state index is -0.522. The summed E-state index contributed by atoms with van der Waals surface area (Å²) in [5.41, 5.74) is 4.16. The molecule has 0 radical (unpaired) electrons. The number of hydrogen-bond acceptors (Lipinski definition) is 6. The van der Waals surface area contributed by atoms with Crippen molar-refractivity contribution in [1.29, 1.82) is 0 Å². The van der Waals surface area contributed by atoms with E-state index in [1.54, 1.807) is 12.1 Å². The molecule has 1 amide bonds. The number of halogens is 1. The lowest BCUT2D eigenvalue weighted by atomic mass is 10.1. The molecule has 0 bridgehead atoms. The van der Waals surface area contributed by atoms with Crippen LogP contribution in [0.4, 0.5) is 0 Å². The summed E-state index contributed by atoms with van der Waals surface area (Å²) in [6, 6.07) is 10.3. The number of carbonyl (C=O) groups is 1. The van der Waals surface area contributed by atoms with Crippen LogP contribution in [0.5, 0.6) is 17.2 Å². The van der Waals surface area contributed by atoms with Crippen molar-refractivity contribution in [3.63, 3.8) is 0 Å². The summed E-state index contributed by atoms with van der Waals surface area (Å²) in [4.78, 5) is 27.4. The van der Waals surface area contributed by atoms with E-state index in [9.17, 15) is 9.59 Å². The van der Waals surface area contributed by atoms with E-state index in [0.29, 0.717) is 28.6 Å². The van der Waals surface area contributed by atoms with Gasteiger partial charge in [0.15, 0.2) is 11.5 Å². The Labute approximate surface area is 183 Å². The minimum absolute atomic E-state index is 0.0939. The molecule has 3 aromatic rings. The molecule has 0 aliphatic rings. The highest BCUT2D eigenvalue weighted by atomic mass is 35.5. The zero-order valence-corrected chi connectivity index (χ0v) is 18.1. The van der Waals surface area contributed by atoms with Crippen LogP contribution in [0.15, 0.2) is 46.3 Å². The van der Waals surface area contributed by atoms with Crippen molar-refractivity contribution < 1.29 is 19.0 Å². The number of nitrogens with one attached hydrogen (secondary N) is 2. The molecule has 0 aliphatic carbocycles. The minimum Gasteiger partial charge on any atom is -0.493 e. The van der Waals surface area contributed by atoms with Crippen molar-refractivity contribution in [2.45, 2.75) is 6.92 Å². The van der Waals surface area contributed by atoms with Crippen LogP contribution in [0, 0.1) is 6.92 Å². The fourth-order valence-corrected chi connectivity index (χ4v) is 3.13. The first-order valence-corrected chi connectivity index (χ1v) is 9.48. The maximum atomic E-state index is 12.6. The quantitative estimate of drug-likeness (QED) is 0.430. The number of hydrazone groups is 1. The number of aromatic amines is 1. The predicted octanol–water partition coefficient (Wildman–Crippen LogP) is 2.92. The Morgan fingerprint density at radius 3 is 2.26 bits per heavy atom. The van der Waals surface area contributed by atoms with Gasteiger partial charge in [-0.1, -0.05) is 29.3 Å². The summed E-state index contributed by atoms with van der Waals surface area (Å²) in [5, 5.41) is 4.04. The maximum absolute atomic E-state index is 12.6. The third-order valence-corrected chi connectivity index (χ3v) is 4.75. The summed E-state index contributed by atoms with van der Waals surface area (Å²) in [6.45, 7) is 1.94. The average Bonchev–Trinajstić information content (AvgIpc) is 3.05. The molecule has 2 N–H and O–H groups in total. The van der Waals surface area contributed by atoms with Crippen LogP contribution in [0.2, 0.25) is 5.15 Å². The number of aromatic nitrogens is 2. The number of methoxy groups -OCH3 is 3. The van der Waals surface area contributed by atoms with E-state index in [2.05, 4.69) is 15.5 Å². The zero-order chi connectivity index (χ0) is 22.5. The first-order chi connectivity index (χ1) is 14.9. The third kappa shape index (κ3) is 4.56. The SMILES string of the molecule is COc1cc(C(=O)N/N=C/c2c(Cl)[nH]c(=O)n2-c2ccc(C)cc2)cc(OC)c1OC. The largest absolute Gasteiger partial charge is 0.493 e. The second kappa shape index (κ2) is 9.40. The van der Waals surface area contributed by atoms with Gasteiger partial charge in [-0.05, 0) is 31.2 Å². The maximum Gasteiger partial charge on any atom is 0.331 e. The normalized spacial score (nSPS) is 10.9. The molecular formula is C21H21ClN4O5. The summed E-state index contributed by atoms with van der Waals surface area (Å²) in [6.07, 6.45) is 1.29. The summed E-state index contributed by atoms with van der Waals surface area (Å²) < 4.78 is 17.1. The van der Waals surface area contributed by atoms with Crippen molar-refractivity contribution >= 4 is 23.7 Å². The molecule has 162 valence electrons. The van der Waals surface area contributed by atoms with Crippen molar-refractivity contribution in [1.82, 2.24) is 15.0 Å². The molecular weight excluding hydrogens is 424 g/mol. The van der Waals surface area contributed by atoms with E-state index in [1.165, 1.54) is 44.2 Å². The van der Waals surface area contributed by atoms with Gasteiger partial charge >= 0.3 is 5.69 Å². The third-order valence-electron chi connectivity index (χ3n) is 4.46. The van der Waals surface area contributed by atoms with E-state index in [-0.39, 0.29) is 10.7 Å². The molecule has 0 spiro atoms. The lowest BCUT2D eigenvalue weighted by Crippen LogP contribution is -2.20. The first kappa shape index (κ1) is 22.0. The van der Waals surface area contributed by atoms with Gasteiger partial charge in [-0.3, -0.25) is 14.3 Å². The highest BCUT2D eigenvalue weighted by molar-refractivity contribution is 6.31. The van der Waals surface area contributed by atoms with E-state index in [1.807, 2.05) is 19.1 Å². The Balaban J connectivity index is 1.87. The number of hydrogen-bond donors (Lipinski definition) is 2. The summed E-state index contributed by atoms with van der Waals surface area (Å²) >= 11 is 6.15. The van der Waals surface area contributed by atoms with Crippen molar-refractivity contribution in [3.8, 4) is 22.9 Å². The molecule has 1 aromatic heterocycles. The van der Waals surface area contributed by atoms with E-state index < -0.39 is 11.6 Å². The number of nitrogens with zero attached hydrogens (tertiary/aromatic N) is 2. The lowest BCUT2D eigenvalue weighted by molar-refractivity contribution is 0.0954. The first-order valence-electron chi connectivity index (χ1n) is 9.10. The molecule has 0 saturated carbocycles. The summed E-state index contributed by atoms with van der Waals surface area (Å²) in [5.74, 6) is 0.508. The lowest BCUT2D eigenvalue weighted by Gasteiger charge is -2.13. The number of imidazole rings is 1. The molecule has 0 atom stereocenters. The van der Waals surface area contributed by atoms with Crippen LogP contribution in [0.1, 0.15) is 21.6 Å². The van der Waals surface area contributed by atoms with Crippen LogP contribution in [0.25, 0.3) is 5.69 Å². The van der Waals surface area contributed by atoms with Crippen molar-refractivity contribution in [3.05, 3.63) is 68.9 Å². The van der Waals surface area contributed by atoms with Crippen LogP contribution in [0.3, 0.4) is 0 Å². The molecule has 2 aromatic carbocycles. The van der Waals surface area contributed by atoms with Crippen LogP contribution < -0.4 is 25.3 Å². The molecule has 9 nitrogen and oxygen atoms in total. The van der Waals surface area contributed by atoms with E-state index >= 15 is 0 Å². The molecule has 0 unspecified atom stereocenters. The number of benzene rings is 2. The van der Waals surface area contributed by atoms with Gasteiger partial charge in [0.1, 0.15) is 10.8 Å². The Morgan fingerprint density at radius 2 is 1.71 bits per heavy atom. The highest BCUT2D eigenvalue weighted by Crippen LogP contribution is 2.38. The van der Waals surface area contributed by atoms with Gasteiger partial charge in [-0.25, -0.2) is 10.2 Å².